The molecule has 2 heterocycles. The lowest BCUT2D eigenvalue weighted by Crippen LogP contribution is -1.97. The lowest BCUT2D eigenvalue weighted by molar-refractivity contribution is 0.304. The van der Waals surface area contributed by atoms with Crippen molar-refractivity contribution in [3.63, 3.8) is 0 Å². The van der Waals surface area contributed by atoms with E-state index >= 15 is 0 Å². The summed E-state index contributed by atoms with van der Waals surface area (Å²) in [4.78, 5) is 2.87. The van der Waals surface area contributed by atoms with Crippen molar-refractivity contribution >= 4 is 32.1 Å². The van der Waals surface area contributed by atoms with Gasteiger partial charge in [-0.3, -0.25) is 0 Å². The summed E-state index contributed by atoms with van der Waals surface area (Å²) < 4.78 is 8.83. The van der Waals surface area contributed by atoms with Crippen molar-refractivity contribution in [3.05, 3.63) is 65.5 Å². The summed E-state index contributed by atoms with van der Waals surface area (Å²) in [5.41, 5.74) is 3.80. The highest BCUT2D eigenvalue weighted by atomic mass is 32.1. The van der Waals surface area contributed by atoms with Gasteiger partial charge in [0.05, 0.1) is 6.61 Å². The molecule has 4 aromatic rings. The summed E-state index contributed by atoms with van der Waals surface area (Å²) in [5.74, 6) is 0.978. The zero-order valence-electron chi connectivity index (χ0n) is 21.5. The zero-order chi connectivity index (χ0) is 24.3. The van der Waals surface area contributed by atoms with Crippen LogP contribution in [0.5, 0.6) is 5.75 Å². The second-order valence-electron chi connectivity index (χ2n) is 9.58. The molecule has 2 aromatic carbocycles. The van der Waals surface area contributed by atoms with Gasteiger partial charge >= 0.3 is 0 Å². The molecule has 0 amide bonds. The summed E-state index contributed by atoms with van der Waals surface area (Å²) in [6, 6.07) is 22.3. The quantitative estimate of drug-likeness (QED) is 0.146. The van der Waals surface area contributed by atoms with Gasteiger partial charge in [0, 0.05) is 19.2 Å². The fraction of sp³-hybridized carbons (Fsp3) is 0.438. The van der Waals surface area contributed by atoms with Crippen molar-refractivity contribution in [1.29, 1.82) is 0 Å². The summed E-state index contributed by atoms with van der Waals surface area (Å²) in [5, 5.41) is 0. The molecule has 0 saturated carbocycles. The molecule has 186 valence electrons. The van der Waals surface area contributed by atoms with Gasteiger partial charge in [-0.1, -0.05) is 108 Å². The second-order valence-corrected chi connectivity index (χ2v) is 11.8. The van der Waals surface area contributed by atoms with Gasteiger partial charge in [-0.05, 0) is 53.8 Å². The van der Waals surface area contributed by atoms with Crippen LogP contribution in [0.4, 0.5) is 0 Å². The number of fused-ring (bicyclic) bond motifs is 1. The maximum absolute atomic E-state index is 5.98. The van der Waals surface area contributed by atoms with Crippen LogP contribution in [-0.2, 0) is 6.42 Å². The van der Waals surface area contributed by atoms with Gasteiger partial charge in [0.1, 0.15) is 5.75 Å². The maximum Gasteiger partial charge on any atom is 0.119 e. The van der Waals surface area contributed by atoms with Crippen LogP contribution in [0.2, 0.25) is 0 Å². The van der Waals surface area contributed by atoms with Crippen LogP contribution in [0.3, 0.4) is 0 Å². The molecule has 0 saturated heterocycles. The molecular formula is C32H40OS2. The normalized spacial score (nSPS) is 11.4. The summed E-state index contributed by atoms with van der Waals surface area (Å²) in [6.45, 7) is 5.35. The molecule has 2 aromatic heterocycles. The van der Waals surface area contributed by atoms with E-state index in [1.807, 2.05) is 22.7 Å². The summed E-state index contributed by atoms with van der Waals surface area (Å²) in [7, 11) is 0. The monoisotopic (exact) mass is 504 g/mol. The van der Waals surface area contributed by atoms with E-state index in [2.05, 4.69) is 74.5 Å². The minimum atomic E-state index is 0.822. The van der Waals surface area contributed by atoms with Crippen molar-refractivity contribution in [2.75, 3.05) is 6.61 Å². The van der Waals surface area contributed by atoms with Gasteiger partial charge in [0.2, 0.25) is 0 Å². The Labute approximate surface area is 220 Å². The lowest BCUT2D eigenvalue weighted by atomic mass is 10.0. The summed E-state index contributed by atoms with van der Waals surface area (Å²) in [6.07, 6.45) is 14.5. The van der Waals surface area contributed by atoms with E-state index in [-0.39, 0.29) is 0 Å². The third-order valence-corrected chi connectivity index (χ3v) is 9.03. The fourth-order valence-corrected chi connectivity index (χ4v) is 7.10. The van der Waals surface area contributed by atoms with E-state index in [0.29, 0.717) is 0 Å². The fourth-order valence-electron chi connectivity index (χ4n) is 4.57. The van der Waals surface area contributed by atoms with Crippen molar-refractivity contribution in [2.45, 2.75) is 84.5 Å². The van der Waals surface area contributed by atoms with Crippen LogP contribution in [0.1, 0.15) is 82.9 Å². The molecule has 0 aliphatic heterocycles. The first kappa shape index (κ1) is 26.0. The molecule has 4 rings (SSSR count). The van der Waals surface area contributed by atoms with Crippen LogP contribution < -0.4 is 4.74 Å². The van der Waals surface area contributed by atoms with E-state index in [0.717, 1.165) is 18.8 Å². The Kier molecular flexibility index (Phi) is 10.3. The Bertz CT molecular complexity index is 1100. The molecule has 35 heavy (non-hydrogen) atoms. The average molecular weight is 505 g/mol. The summed E-state index contributed by atoms with van der Waals surface area (Å²) >= 11 is 3.86. The molecule has 0 N–H and O–H groups in total. The van der Waals surface area contributed by atoms with Crippen LogP contribution in [-0.4, -0.2) is 6.61 Å². The number of benzene rings is 2. The first-order valence-corrected chi connectivity index (χ1v) is 15.3. The Morgan fingerprint density at radius 1 is 0.571 bits per heavy atom. The molecule has 0 aliphatic rings. The molecule has 0 aliphatic carbocycles. The van der Waals surface area contributed by atoms with E-state index in [9.17, 15) is 0 Å². The zero-order valence-corrected chi connectivity index (χ0v) is 23.1. The molecular weight excluding hydrogens is 464 g/mol. The van der Waals surface area contributed by atoms with E-state index in [1.165, 1.54) is 100 Å². The number of unbranched alkanes of at least 4 members (excludes halogenated alkanes) is 8. The number of hydrogen-bond acceptors (Lipinski definition) is 3. The minimum absolute atomic E-state index is 0.822. The van der Waals surface area contributed by atoms with Gasteiger partial charge in [-0.15, -0.1) is 22.7 Å². The van der Waals surface area contributed by atoms with E-state index < -0.39 is 0 Å². The predicted octanol–water partition coefficient (Wildman–Crippen LogP) is 11.2. The van der Waals surface area contributed by atoms with Crippen LogP contribution in [0.25, 0.3) is 31.0 Å². The largest absolute Gasteiger partial charge is 0.494 e. The highest BCUT2D eigenvalue weighted by molar-refractivity contribution is 7.29. The van der Waals surface area contributed by atoms with Gasteiger partial charge in [-0.2, -0.15) is 0 Å². The lowest BCUT2D eigenvalue weighted by Gasteiger charge is -2.08. The van der Waals surface area contributed by atoms with Gasteiger partial charge in [0.25, 0.3) is 0 Å². The molecule has 0 spiro atoms. The van der Waals surface area contributed by atoms with E-state index in [1.54, 1.807) is 0 Å². The smallest absolute Gasteiger partial charge is 0.119 e. The highest BCUT2D eigenvalue weighted by Gasteiger charge is 2.09. The van der Waals surface area contributed by atoms with E-state index in [4.69, 9.17) is 4.74 Å². The standard InChI is InChI=1S/C32H40OS2/c1-3-5-6-7-8-9-10-11-12-22-33-28-20-18-26(19-21-28)25-14-16-27(17-15-25)30-24-32-31(35-30)23-29(34-32)13-4-2/h14-21,23-24H,3-13,22H2,1-2H3. The second kappa shape index (κ2) is 13.8. The SMILES string of the molecule is CCCCCCCCCCCOc1ccc(-c2ccc(-c3cc4sc(CCC)cc4s3)cc2)cc1. The Morgan fingerprint density at radius 3 is 1.77 bits per heavy atom. The van der Waals surface area contributed by atoms with Crippen LogP contribution in [0.15, 0.2) is 60.7 Å². The Balaban J connectivity index is 1.22. The van der Waals surface area contributed by atoms with Gasteiger partial charge in [-0.25, -0.2) is 0 Å². The Morgan fingerprint density at radius 2 is 1.14 bits per heavy atom. The van der Waals surface area contributed by atoms with Crippen LogP contribution >= 0.6 is 22.7 Å². The minimum Gasteiger partial charge on any atom is -0.494 e. The van der Waals surface area contributed by atoms with Gasteiger partial charge in [0.15, 0.2) is 0 Å². The number of hydrogen-bond donors (Lipinski definition) is 0. The molecule has 0 bridgehead atoms. The first-order chi connectivity index (χ1) is 17.3. The van der Waals surface area contributed by atoms with Crippen molar-refractivity contribution in [1.82, 2.24) is 0 Å². The van der Waals surface area contributed by atoms with Crippen molar-refractivity contribution < 1.29 is 4.74 Å². The third kappa shape index (κ3) is 7.69. The molecule has 3 heteroatoms. The molecule has 0 fully saturated rings. The number of thiophene rings is 2. The van der Waals surface area contributed by atoms with Crippen LogP contribution in [0, 0.1) is 0 Å². The number of rotatable bonds is 15. The van der Waals surface area contributed by atoms with Crippen molar-refractivity contribution in [3.8, 4) is 27.3 Å². The average Bonchev–Trinajstić information content (AvgIpc) is 3.45. The predicted molar refractivity (Wildman–Crippen MR) is 157 cm³/mol. The maximum atomic E-state index is 5.98. The van der Waals surface area contributed by atoms with Crippen molar-refractivity contribution in [2.24, 2.45) is 0 Å². The highest BCUT2D eigenvalue weighted by Crippen LogP contribution is 2.39. The molecule has 1 nitrogen and oxygen atoms in total. The molecule has 0 unspecified atom stereocenters. The van der Waals surface area contributed by atoms with Gasteiger partial charge < -0.3 is 4.74 Å². The molecule has 0 radical (unpaired) electrons. The first-order valence-electron chi connectivity index (χ1n) is 13.6. The number of ether oxygens (including phenoxy) is 1. The third-order valence-electron chi connectivity index (χ3n) is 6.63. The number of aryl methyl sites for hydroxylation is 1. The Hall–Kier alpha value is -2.10. The topological polar surface area (TPSA) is 9.23 Å². The molecule has 0 atom stereocenters.